The second-order valence-corrected chi connectivity index (χ2v) is 6.84. The third-order valence-corrected chi connectivity index (χ3v) is 4.56. The Bertz CT molecular complexity index is 887. The maximum atomic E-state index is 12.7. The summed E-state index contributed by atoms with van der Waals surface area (Å²) in [5.41, 5.74) is 2.72. The fourth-order valence-electron chi connectivity index (χ4n) is 3.01. The van der Waals surface area contributed by atoms with Crippen molar-refractivity contribution in [1.82, 2.24) is 5.32 Å². The van der Waals surface area contributed by atoms with Crippen molar-refractivity contribution >= 4 is 23.5 Å². The molecular weight excluding hydrogens is 370 g/mol. The highest BCUT2D eigenvalue weighted by Crippen LogP contribution is 2.13. The molecule has 2 aromatic carbocycles. The highest BCUT2D eigenvalue weighted by molar-refractivity contribution is 6.10. The molecule has 0 aromatic heterocycles. The smallest absolute Gasteiger partial charge is 0.337 e. The first-order valence-electron chi connectivity index (χ1n) is 9.54. The fourth-order valence-corrected chi connectivity index (χ4v) is 3.01. The molecule has 1 atom stereocenters. The van der Waals surface area contributed by atoms with Crippen molar-refractivity contribution in [2.45, 2.75) is 25.9 Å². The predicted molar refractivity (Wildman–Crippen MR) is 111 cm³/mol. The molecule has 0 radical (unpaired) electrons. The molecule has 3 rings (SSSR count). The van der Waals surface area contributed by atoms with Gasteiger partial charge in [0.05, 0.1) is 25.3 Å². The van der Waals surface area contributed by atoms with E-state index in [1.54, 1.807) is 24.3 Å². The van der Waals surface area contributed by atoms with Crippen molar-refractivity contribution in [3.8, 4) is 0 Å². The van der Waals surface area contributed by atoms with E-state index < -0.39 is 5.97 Å². The van der Waals surface area contributed by atoms with E-state index in [4.69, 9.17) is 4.74 Å². The van der Waals surface area contributed by atoms with Crippen LogP contribution < -0.4 is 10.6 Å². The fraction of sp³-hybridized carbons (Fsp3) is 0.318. The summed E-state index contributed by atoms with van der Waals surface area (Å²) in [7, 11) is 1.32. The van der Waals surface area contributed by atoms with E-state index in [0.717, 1.165) is 30.7 Å². The van der Waals surface area contributed by atoms with Crippen LogP contribution in [0.25, 0.3) is 0 Å². The summed E-state index contributed by atoms with van der Waals surface area (Å²) in [6, 6.07) is 14.1. The number of aryl methyl sites for hydroxylation is 1. The van der Waals surface area contributed by atoms with Gasteiger partial charge in [-0.3, -0.25) is 10.1 Å². The molecule has 1 amide bonds. The molecule has 1 aliphatic rings. The van der Waals surface area contributed by atoms with Gasteiger partial charge in [0, 0.05) is 17.9 Å². The Morgan fingerprint density at radius 1 is 1.17 bits per heavy atom. The maximum absolute atomic E-state index is 12.7. The van der Waals surface area contributed by atoms with E-state index in [9.17, 15) is 9.59 Å². The zero-order chi connectivity index (χ0) is 20.6. The van der Waals surface area contributed by atoms with Crippen LogP contribution in [-0.4, -0.2) is 44.2 Å². The number of carbonyl (C=O) groups is 2. The van der Waals surface area contributed by atoms with Gasteiger partial charge in [-0.05, 0) is 61.7 Å². The number of guanidine groups is 1. The molecule has 2 N–H and O–H groups in total. The molecule has 0 bridgehead atoms. The molecule has 1 heterocycles. The monoisotopic (exact) mass is 395 g/mol. The summed E-state index contributed by atoms with van der Waals surface area (Å²) >= 11 is 0. The van der Waals surface area contributed by atoms with Gasteiger partial charge in [-0.25, -0.2) is 9.79 Å². The van der Waals surface area contributed by atoms with Crippen molar-refractivity contribution in [3.05, 3.63) is 65.2 Å². The first-order valence-corrected chi connectivity index (χ1v) is 9.54. The predicted octanol–water partition coefficient (Wildman–Crippen LogP) is 3.16. The first kappa shape index (κ1) is 20.5. The first-order chi connectivity index (χ1) is 14.0. The molecule has 1 saturated heterocycles. The number of hydrogen-bond acceptors (Lipinski definition) is 5. The molecule has 152 valence electrons. The Morgan fingerprint density at radius 3 is 2.59 bits per heavy atom. The van der Waals surface area contributed by atoms with Gasteiger partial charge in [-0.15, -0.1) is 0 Å². The van der Waals surface area contributed by atoms with Crippen LogP contribution in [0.1, 0.15) is 39.1 Å². The topological polar surface area (TPSA) is 89.0 Å². The summed E-state index contributed by atoms with van der Waals surface area (Å²) in [4.78, 5) is 28.8. The van der Waals surface area contributed by atoms with Gasteiger partial charge < -0.3 is 14.8 Å². The molecule has 1 fully saturated rings. The number of amides is 1. The second-order valence-electron chi connectivity index (χ2n) is 6.84. The van der Waals surface area contributed by atoms with Crippen LogP contribution in [0.4, 0.5) is 5.69 Å². The Hall–Kier alpha value is -3.19. The van der Waals surface area contributed by atoms with Crippen molar-refractivity contribution in [2.24, 2.45) is 4.99 Å². The van der Waals surface area contributed by atoms with Crippen LogP contribution >= 0.6 is 0 Å². The number of carbonyl (C=O) groups excluding carboxylic acids is 2. The Labute approximate surface area is 170 Å². The SMILES string of the molecule is COC(=O)c1ccc(C(=O)NC(=NC[C@H]2CCCO2)Nc2cccc(C)c2)cc1. The highest BCUT2D eigenvalue weighted by atomic mass is 16.5. The Kier molecular flexibility index (Phi) is 6.97. The molecule has 29 heavy (non-hydrogen) atoms. The van der Waals surface area contributed by atoms with E-state index in [0.29, 0.717) is 23.6 Å². The normalized spacial score (nSPS) is 16.3. The average molecular weight is 395 g/mol. The number of nitrogens with zero attached hydrogens (tertiary/aromatic N) is 1. The number of ether oxygens (including phenoxy) is 2. The third-order valence-electron chi connectivity index (χ3n) is 4.56. The van der Waals surface area contributed by atoms with E-state index >= 15 is 0 Å². The lowest BCUT2D eigenvalue weighted by Crippen LogP contribution is -2.36. The highest BCUT2D eigenvalue weighted by Gasteiger charge is 2.16. The zero-order valence-electron chi connectivity index (χ0n) is 16.6. The Morgan fingerprint density at radius 2 is 1.93 bits per heavy atom. The second kappa shape index (κ2) is 9.84. The van der Waals surface area contributed by atoms with Crippen molar-refractivity contribution in [1.29, 1.82) is 0 Å². The van der Waals surface area contributed by atoms with Gasteiger partial charge in [0.25, 0.3) is 5.91 Å². The summed E-state index contributed by atoms with van der Waals surface area (Å²) in [6.45, 7) is 3.21. The van der Waals surface area contributed by atoms with Crippen LogP contribution in [0.2, 0.25) is 0 Å². The molecule has 2 aromatic rings. The number of esters is 1. The molecule has 7 nitrogen and oxygen atoms in total. The van der Waals surface area contributed by atoms with E-state index in [1.165, 1.54) is 7.11 Å². The number of hydrogen-bond donors (Lipinski definition) is 2. The van der Waals surface area contributed by atoms with Crippen LogP contribution in [-0.2, 0) is 9.47 Å². The minimum Gasteiger partial charge on any atom is -0.465 e. The van der Waals surface area contributed by atoms with Crippen molar-refractivity contribution in [3.63, 3.8) is 0 Å². The van der Waals surface area contributed by atoms with Gasteiger partial charge in [-0.1, -0.05) is 12.1 Å². The van der Waals surface area contributed by atoms with Crippen molar-refractivity contribution in [2.75, 3.05) is 25.6 Å². The van der Waals surface area contributed by atoms with Gasteiger partial charge in [0.1, 0.15) is 0 Å². The lowest BCUT2D eigenvalue weighted by molar-refractivity contribution is 0.0600. The number of rotatable bonds is 5. The molecule has 0 saturated carbocycles. The van der Waals surface area contributed by atoms with Crippen LogP contribution in [0, 0.1) is 6.92 Å². The third kappa shape index (κ3) is 5.89. The minimum absolute atomic E-state index is 0.0700. The zero-order valence-corrected chi connectivity index (χ0v) is 16.6. The summed E-state index contributed by atoms with van der Waals surface area (Å²) in [6.07, 6.45) is 2.06. The van der Waals surface area contributed by atoms with E-state index in [-0.39, 0.29) is 12.0 Å². The lowest BCUT2D eigenvalue weighted by atomic mass is 10.1. The standard InChI is InChI=1S/C22H25N3O4/c1-15-5-3-6-18(13-15)24-22(23-14-19-7-4-12-29-19)25-20(26)16-8-10-17(11-9-16)21(27)28-2/h3,5-6,8-11,13,19H,4,7,12,14H2,1-2H3,(H2,23,24,25,26)/t19-/m1/s1. The summed E-state index contributed by atoms with van der Waals surface area (Å²) in [5.74, 6) is -0.419. The Balaban J connectivity index is 1.73. The quantitative estimate of drug-likeness (QED) is 0.461. The lowest BCUT2D eigenvalue weighted by Gasteiger charge is -2.14. The van der Waals surface area contributed by atoms with Gasteiger partial charge in [0.2, 0.25) is 5.96 Å². The number of methoxy groups -OCH3 is 1. The van der Waals surface area contributed by atoms with Crippen LogP contribution in [0.3, 0.4) is 0 Å². The van der Waals surface area contributed by atoms with Crippen molar-refractivity contribution < 1.29 is 19.1 Å². The average Bonchev–Trinajstić information content (AvgIpc) is 3.25. The van der Waals surface area contributed by atoms with E-state index in [1.807, 2.05) is 31.2 Å². The van der Waals surface area contributed by atoms with Crippen LogP contribution in [0.15, 0.2) is 53.5 Å². The van der Waals surface area contributed by atoms with Gasteiger partial charge in [-0.2, -0.15) is 0 Å². The molecule has 7 heteroatoms. The largest absolute Gasteiger partial charge is 0.465 e. The van der Waals surface area contributed by atoms with Gasteiger partial charge in [0.15, 0.2) is 0 Å². The number of aliphatic imine (C=N–C) groups is 1. The minimum atomic E-state index is -0.447. The van der Waals surface area contributed by atoms with E-state index in [2.05, 4.69) is 20.4 Å². The van der Waals surface area contributed by atoms with Gasteiger partial charge >= 0.3 is 5.97 Å². The molecule has 0 spiro atoms. The summed E-state index contributed by atoms with van der Waals surface area (Å²) in [5, 5.41) is 5.99. The number of benzene rings is 2. The molecule has 0 aliphatic carbocycles. The molecule has 0 unspecified atom stereocenters. The molecule has 1 aliphatic heterocycles. The maximum Gasteiger partial charge on any atom is 0.337 e. The number of anilines is 1. The number of nitrogens with one attached hydrogen (secondary N) is 2. The summed E-state index contributed by atoms with van der Waals surface area (Å²) < 4.78 is 10.3. The molecular formula is C22H25N3O4. The van der Waals surface area contributed by atoms with Crippen LogP contribution in [0.5, 0.6) is 0 Å².